The predicted octanol–water partition coefficient (Wildman–Crippen LogP) is 3.72. The van der Waals surface area contributed by atoms with E-state index in [1.54, 1.807) is 15.9 Å². The molecule has 0 aromatic carbocycles. The number of ether oxygens (including phenoxy) is 1. The first-order valence-electron chi connectivity index (χ1n) is 11.1. The second-order valence-electron chi connectivity index (χ2n) is 8.33. The molecule has 30 heavy (non-hydrogen) atoms. The number of aromatic nitrogens is 2. The SMILES string of the molecule is CCN(CC)C(=O)CSc1nc2sc3c(c2c(=O)n1C[C@@H]1CCCO1)CC[C@@H](C)C3. The lowest BCUT2D eigenvalue weighted by atomic mass is 9.89. The zero-order valence-electron chi connectivity index (χ0n) is 18.1. The minimum Gasteiger partial charge on any atom is -0.376 e. The molecule has 0 radical (unpaired) electrons. The first-order chi connectivity index (χ1) is 14.5. The van der Waals surface area contributed by atoms with Crippen LogP contribution >= 0.6 is 23.1 Å². The molecule has 2 aromatic heterocycles. The Morgan fingerprint density at radius 3 is 2.83 bits per heavy atom. The molecule has 1 aliphatic carbocycles. The van der Waals surface area contributed by atoms with Gasteiger partial charge in [-0.25, -0.2) is 4.98 Å². The van der Waals surface area contributed by atoms with Crippen molar-refractivity contribution in [3.8, 4) is 0 Å². The molecule has 8 heteroatoms. The number of rotatable bonds is 7. The standard InChI is InChI=1S/C22H31N3O3S2/c1-4-24(5-2)18(26)13-29-22-23-20-19(16-9-8-14(3)11-17(16)30-20)21(27)25(22)12-15-7-6-10-28-15/h14-15H,4-13H2,1-3H3/t14-,15+/m1/s1. The Bertz CT molecular complexity index is 974. The average Bonchev–Trinajstić information content (AvgIpc) is 3.36. The van der Waals surface area contributed by atoms with Crippen LogP contribution in [0.25, 0.3) is 10.2 Å². The number of aryl methyl sites for hydroxylation is 1. The normalized spacial score (nSPS) is 21.2. The molecule has 0 bridgehead atoms. The summed E-state index contributed by atoms with van der Waals surface area (Å²) in [7, 11) is 0. The summed E-state index contributed by atoms with van der Waals surface area (Å²) in [6.45, 7) is 8.91. The van der Waals surface area contributed by atoms with E-state index in [-0.39, 0.29) is 17.6 Å². The number of carbonyl (C=O) groups excluding carboxylic acids is 1. The molecule has 4 rings (SSSR count). The fourth-order valence-electron chi connectivity index (χ4n) is 4.46. The monoisotopic (exact) mass is 449 g/mol. The lowest BCUT2D eigenvalue weighted by Crippen LogP contribution is -2.33. The number of thioether (sulfide) groups is 1. The van der Waals surface area contributed by atoms with Crippen molar-refractivity contribution in [2.24, 2.45) is 5.92 Å². The highest BCUT2D eigenvalue weighted by atomic mass is 32.2. The molecule has 2 atom stereocenters. The lowest BCUT2D eigenvalue weighted by Gasteiger charge is -2.20. The van der Waals surface area contributed by atoms with E-state index in [2.05, 4.69) is 6.92 Å². The summed E-state index contributed by atoms with van der Waals surface area (Å²) >= 11 is 3.05. The minimum absolute atomic E-state index is 0.0420. The zero-order chi connectivity index (χ0) is 21.3. The highest BCUT2D eigenvalue weighted by Gasteiger charge is 2.26. The van der Waals surface area contributed by atoms with Crippen molar-refractivity contribution < 1.29 is 9.53 Å². The second-order valence-corrected chi connectivity index (χ2v) is 10.4. The topological polar surface area (TPSA) is 64.4 Å². The quantitative estimate of drug-likeness (QED) is 0.476. The molecular formula is C22H31N3O3S2. The van der Waals surface area contributed by atoms with Crippen LogP contribution in [0, 0.1) is 5.92 Å². The fraction of sp³-hybridized carbons (Fsp3) is 0.682. The van der Waals surface area contributed by atoms with Gasteiger partial charge >= 0.3 is 0 Å². The van der Waals surface area contributed by atoms with Gasteiger partial charge in [0.25, 0.3) is 5.56 Å². The Labute approximate surface area is 186 Å². The fourth-order valence-corrected chi connectivity index (χ4v) is 6.80. The van der Waals surface area contributed by atoms with E-state index in [0.717, 1.165) is 48.9 Å². The van der Waals surface area contributed by atoms with Crippen LogP contribution in [0.3, 0.4) is 0 Å². The molecule has 0 spiro atoms. The molecule has 0 unspecified atom stereocenters. The Hall–Kier alpha value is -1.38. The smallest absolute Gasteiger partial charge is 0.263 e. The highest BCUT2D eigenvalue weighted by Crippen LogP contribution is 2.36. The number of nitrogens with zero attached hydrogens (tertiary/aromatic N) is 3. The second kappa shape index (κ2) is 9.40. The van der Waals surface area contributed by atoms with Crippen molar-refractivity contribution in [2.45, 2.75) is 70.7 Å². The van der Waals surface area contributed by atoms with Crippen LogP contribution in [0.2, 0.25) is 0 Å². The van der Waals surface area contributed by atoms with Crippen molar-refractivity contribution in [1.29, 1.82) is 0 Å². The van der Waals surface area contributed by atoms with Crippen LogP contribution in [0.4, 0.5) is 0 Å². The first-order valence-corrected chi connectivity index (χ1v) is 12.9. The largest absolute Gasteiger partial charge is 0.376 e. The average molecular weight is 450 g/mol. The summed E-state index contributed by atoms with van der Waals surface area (Å²) in [6, 6.07) is 0. The summed E-state index contributed by atoms with van der Waals surface area (Å²) in [5.41, 5.74) is 1.25. The van der Waals surface area contributed by atoms with Crippen molar-refractivity contribution in [3.05, 3.63) is 20.8 Å². The van der Waals surface area contributed by atoms with Crippen LogP contribution < -0.4 is 5.56 Å². The Balaban J connectivity index is 1.71. The van der Waals surface area contributed by atoms with Gasteiger partial charge in [-0.3, -0.25) is 14.2 Å². The molecule has 164 valence electrons. The van der Waals surface area contributed by atoms with E-state index in [0.29, 0.717) is 36.5 Å². The van der Waals surface area contributed by atoms with Gasteiger partial charge in [0.05, 0.1) is 23.8 Å². The van der Waals surface area contributed by atoms with Gasteiger partial charge in [0.2, 0.25) is 5.91 Å². The Kier molecular flexibility index (Phi) is 6.85. The molecule has 1 fully saturated rings. The highest BCUT2D eigenvalue weighted by molar-refractivity contribution is 7.99. The molecular weight excluding hydrogens is 418 g/mol. The van der Waals surface area contributed by atoms with Crippen molar-refractivity contribution in [2.75, 3.05) is 25.4 Å². The maximum atomic E-state index is 13.6. The molecule has 0 saturated carbocycles. The molecule has 2 aliphatic rings. The van der Waals surface area contributed by atoms with Gasteiger partial charge in [0.1, 0.15) is 4.83 Å². The minimum atomic E-state index is 0.0420. The molecule has 6 nitrogen and oxygen atoms in total. The van der Waals surface area contributed by atoms with Crippen molar-refractivity contribution in [1.82, 2.24) is 14.5 Å². The molecule has 3 heterocycles. The molecule has 0 N–H and O–H groups in total. The first kappa shape index (κ1) is 21.8. The van der Waals surface area contributed by atoms with E-state index in [9.17, 15) is 9.59 Å². The van der Waals surface area contributed by atoms with E-state index >= 15 is 0 Å². The van der Waals surface area contributed by atoms with Gasteiger partial charge in [-0.1, -0.05) is 18.7 Å². The van der Waals surface area contributed by atoms with Crippen LogP contribution in [-0.4, -0.2) is 51.9 Å². The Morgan fingerprint density at radius 2 is 2.13 bits per heavy atom. The maximum absolute atomic E-state index is 13.6. The Morgan fingerprint density at radius 1 is 1.33 bits per heavy atom. The third-order valence-corrected chi connectivity index (χ3v) is 8.34. The summed E-state index contributed by atoms with van der Waals surface area (Å²) in [5, 5.41) is 1.45. The van der Waals surface area contributed by atoms with Gasteiger partial charge in [-0.15, -0.1) is 11.3 Å². The number of amides is 1. The summed E-state index contributed by atoms with van der Waals surface area (Å²) in [5.74, 6) is 1.04. The summed E-state index contributed by atoms with van der Waals surface area (Å²) in [6.07, 6.45) is 5.16. The number of carbonyl (C=O) groups is 1. The number of thiophene rings is 1. The van der Waals surface area contributed by atoms with E-state index in [4.69, 9.17) is 9.72 Å². The van der Waals surface area contributed by atoms with Crippen LogP contribution in [0.1, 0.15) is 50.5 Å². The molecule has 1 amide bonds. The summed E-state index contributed by atoms with van der Waals surface area (Å²) in [4.78, 5) is 35.0. The van der Waals surface area contributed by atoms with Gasteiger partial charge in [0.15, 0.2) is 5.16 Å². The zero-order valence-corrected chi connectivity index (χ0v) is 19.7. The number of hydrogen-bond donors (Lipinski definition) is 0. The third kappa shape index (κ3) is 4.32. The van der Waals surface area contributed by atoms with Gasteiger partial charge in [-0.2, -0.15) is 0 Å². The van der Waals surface area contributed by atoms with Gasteiger partial charge in [-0.05, 0) is 57.4 Å². The van der Waals surface area contributed by atoms with Crippen LogP contribution in [-0.2, 0) is 28.9 Å². The van der Waals surface area contributed by atoms with Gasteiger partial charge < -0.3 is 9.64 Å². The maximum Gasteiger partial charge on any atom is 0.263 e. The van der Waals surface area contributed by atoms with Crippen LogP contribution in [0.5, 0.6) is 0 Å². The third-order valence-electron chi connectivity index (χ3n) is 6.23. The lowest BCUT2D eigenvalue weighted by molar-refractivity contribution is -0.127. The van der Waals surface area contributed by atoms with Crippen molar-refractivity contribution in [3.63, 3.8) is 0 Å². The molecule has 2 aromatic rings. The summed E-state index contributed by atoms with van der Waals surface area (Å²) < 4.78 is 7.60. The predicted molar refractivity (Wildman–Crippen MR) is 123 cm³/mol. The van der Waals surface area contributed by atoms with E-state index < -0.39 is 0 Å². The molecule has 1 aliphatic heterocycles. The van der Waals surface area contributed by atoms with Gasteiger partial charge in [0, 0.05) is 24.6 Å². The van der Waals surface area contributed by atoms with Crippen molar-refractivity contribution >= 4 is 39.2 Å². The number of hydrogen-bond acceptors (Lipinski definition) is 6. The van der Waals surface area contributed by atoms with Crippen LogP contribution in [0.15, 0.2) is 9.95 Å². The van der Waals surface area contributed by atoms with E-state index in [1.807, 2.05) is 18.7 Å². The molecule has 1 saturated heterocycles. The van der Waals surface area contributed by atoms with E-state index in [1.165, 1.54) is 22.2 Å². The number of fused-ring (bicyclic) bond motifs is 3.